The number of hydrogen-bond donors (Lipinski definition) is 0. The quantitative estimate of drug-likeness (QED) is 0.261. The van der Waals surface area contributed by atoms with Crippen molar-refractivity contribution in [3.05, 3.63) is 0 Å². The number of phosphoric ester groups is 2. The lowest BCUT2D eigenvalue weighted by Gasteiger charge is -2.37. The van der Waals surface area contributed by atoms with Crippen molar-refractivity contribution in [1.82, 2.24) is 0 Å². The van der Waals surface area contributed by atoms with Gasteiger partial charge < -0.3 is 60.8 Å². The molecule has 3 rings (SSSR count). The number of phosphoric acid groups is 2. The van der Waals surface area contributed by atoms with Gasteiger partial charge in [0.1, 0.15) is 44.2 Å². The number of rotatable bonds is 13. The molecule has 0 amide bonds. The second-order valence-corrected chi connectivity index (χ2v) is 15.3. The molecule has 3 aliphatic rings. The van der Waals surface area contributed by atoms with E-state index < -0.39 is 83.8 Å². The van der Waals surface area contributed by atoms with Gasteiger partial charge in [0.05, 0.1) is 44.2 Å². The highest BCUT2D eigenvalue weighted by molar-refractivity contribution is 7.52. The van der Waals surface area contributed by atoms with Gasteiger partial charge in [-0.2, -0.15) is 0 Å². The fraction of sp³-hybridized carbons (Fsp3) is 1.00. The summed E-state index contributed by atoms with van der Waals surface area (Å²) in [5.41, 5.74) is -0.855. The second kappa shape index (κ2) is 13.2. The van der Waals surface area contributed by atoms with Gasteiger partial charge in [-0.25, -0.2) is 0 Å². The van der Waals surface area contributed by atoms with Crippen LogP contribution in [0.5, 0.6) is 0 Å². The van der Waals surface area contributed by atoms with E-state index in [0.717, 1.165) is 0 Å². The molecule has 15 nitrogen and oxygen atoms in total. The summed E-state index contributed by atoms with van der Waals surface area (Å²) in [5.74, 6) is 0. The first kappa shape index (κ1) is 33.7. The van der Waals surface area contributed by atoms with Crippen molar-refractivity contribution in [2.45, 2.75) is 115 Å². The van der Waals surface area contributed by atoms with Gasteiger partial charge in [0.25, 0.3) is 15.6 Å². The average molecular weight is 623 g/mol. The predicted octanol–water partition coefficient (Wildman–Crippen LogP) is 0.861. The zero-order valence-electron chi connectivity index (χ0n) is 22.9. The molecule has 0 radical (unpaired) electrons. The lowest BCUT2D eigenvalue weighted by atomic mass is 10.2. The standard InChI is InChI=1S/C21H41O15P3/c1-11(2)31-16-8-28-13(5)19(16)35-38(24,25)33-18-10-30-15(7)21(18)36-39(26,27)32-17-9-29-14(6)20(17)34-37(22,23)12(3)4/h11-21H,8-10H2,1-7H3,(H,22,23)(H,24,25)(H,26,27)/p-3/t13?,14?,15?,16-,17-,18-,19+,20+,21+/m0/s1. The van der Waals surface area contributed by atoms with Crippen LogP contribution in [0.25, 0.3) is 0 Å². The van der Waals surface area contributed by atoms with Crippen molar-refractivity contribution in [2.75, 3.05) is 19.8 Å². The number of hydrogen-bond acceptors (Lipinski definition) is 15. The molecule has 0 aromatic rings. The largest absolute Gasteiger partial charge is 0.778 e. The maximum Gasteiger partial charge on any atom is 0.268 e. The topological polar surface area (TPSA) is 203 Å². The van der Waals surface area contributed by atoms with Crippen LogP contribution in [0.15, 0.2) is 0 Å². The molecule has 3 aliphatic heterocycles. The van der Waals surface area contributed by atoms with Gasteiger partial charge in [-0.3, -0.25) is 9.13 Å². The van der Waals surface area contributed by atoms with Crippen molar-refractivity contribution in [3.63, 3.8) is 0 Å². The molecule has 3 saturated heterocycles. The van der Waals surface area contributed by atoms with Crippen LogP contribution in [-0.4, -0.2) is 86.5 Å². The van der Waals surface area contributed by atoms with Gasteiger partial charge in [0.2, 0.25) is 0 Å². The van der Waals surface area contributed by atoms with Crippen LogP contribution in [-0.2, 0) is 55.3 Å². The minimum atomic E-state index is -5.18. The average Bonchev–Trinajstić information content (AvgIpc) is 3.41. The Kier molecular flexibility index (Phi) is 11.4. The van der Waals surface area contributed by atoms with Gasteiger partial charge in [-0.05, 0) is 34.6 Å². The monoisotopic (exact) mass is 623 g/mol. The molecule has 12 atom stereocenters. The summed E-state index contributed by atoms with van der Waals surface area (Å²) in [5, 5.41) is 0. The zero-order valence-corrected chi connectivity index (χ0v) is 25.6. The van der Waals surface area contributed by atoms with E-state index in [9.17, 15) is 28.4 Å². The SMILES string of the molecule is CC(C)O[C@H]1COC(C)[C@H]1OP(=O)([O-])O[C@H]1COC(C)[C@H]1OP(=O)([O-])O[C@H]1COC(C)[C@H]1OP(=O)([O-])C(C)C. The van der Waals surface area contributed by atoms with E-state index in [1.807, 2.05) is 0 Å². The molecule has 0 aromatic heterocycles. The van der Waals surface area contributed by atoms with E-state index in [-0.39, 0.29) is 25.9 Å². The van der Waals surface area contributed by atoms with Gasteiger partial charge in [0, 0.05) is 5.66 Å². The summed E-state index contributed by atoms with van der Waals surface area (Å²) < 4.78 is 85.6. The Hall–Kier alpha value is 0.210. The third kappa shape index (κ3) is 9.10. The van der Waals surface area contributed by atoms with E-state index in [4.69, 9.17) is 41.6 Å². The normalized spacial score (nSPS) is 40.2. The molecule has 6 unspecified atom stereocenters. The zero-order chi connectivity index (χ0) is 29.3. The molecule has 3 fully saturated rings. The summed E-state index contributed by atoms with van der Waals surface area (Å²) in [7, 11) is -14.5. The Labute approximate surface area is 228 Å². The van der Waals surface area contributed by atoms with Crippen molar-refractivity contribution in [2.24, 2.45) is 0 Å². The molecule has 0 N–H and O–H groups in total. The number of ether oxygens (including phenoxy) is 4. The minimum Gasteiger partial charge on any atom is -0.778 e. The highest BCUT2D eigenvalue weighted by Gasteiger charge is 2.46. The second-order valence-electron chi connectivity index (χ2n) is 10.4. The Morgan fingerprint density at radius 1 is 0.615 bits per heavy atom. The highest BCUT2D eigenvalue weighted by atomic mass is 31.2. The minimum absolute atomic E-state index is 0.128. The summed E-state index contributed by atoms with van der Waals surface area (Å²) in [4.78, 5) is 37.9. The molecule has 0 aromatic carbocycles. The van der Waals surface area contributed by atoms with Crippen molar-refractivity contribution >= 4 is 23.2 Å². The van der Waals surface area contributed by atoms with Gasteiger partial charge >= 0.3 is 0 Å². The van der Waals surface area contributed by atoms with E-state index in [1.54, 1.807) is 20.8 Å². The molecule has 0 bridgehead atoms. The predicted molar refractivity (Wildman–Crippen MR) is 129 cm³/mol. The lowest BCUT2D eigenvalue weighted by molar-refractivity contribution is -0.249. The van der Waals surface area contributed by atoms with Gasteiger partial charge in [-0.15, -0.1) is 0 Å². The van der Waals surface area contributed by atoms with Crippen LogP contribution >= 0.6 is 23.2 Å². The first-order valence-corrected chi connectivity index (χ1v) is 17.3. The van der Waals surface area contributed by atoms with E-state index >= 15 is 0 Å². The molecular weight excluding hydrogens is 585 g/mol. The van der Waals surface area contributed by atoms with E-state index in [0.29, 0.717) is 0 Å². The van der Waals surface area contributed by atoms with Crippen LogP contribution in [0.4, 0.5) is 0 Å². The fourth-order valence-corrected chi connectivity index (χ4v) is 7.52. The first-order valence-electron chi connectivity index (χ1n) is 12.8. The molecular formula is C21H38O15P3-3. The smallest absolute Gasteiger partial charge is 0.268 e. The molecule has 0 saturated carbocycles. The Balaban J connectivity index is 1.65. The Morgan fingerprint density at radius 2 is 0.974 bits per heavy atom. The van der Waals surface area contributed by atoms with E-state index in [1.165, 1.54) is 27.7 Å². The fourth-order valence-electron chi connectivity index (χ4n) is 4.29. The molecule has 39 heavy (non-hydrogen) atoms. The molecule has 18 heteroatoms. The molecule has 0 aliphatic carbocycles. The van der Waals surface area contributed by atoms with Crippen LogP contribution < -0.4 is 14.7 Å². The summed E-state index contributed by atoms with van der Waals surface area (Å²) in [6.07, 6.45) is -9.49. The third-order valence-electron chi connectivity index (χ3n) is 6.44. The van der Waals surface area contributed by atoms with Gasteiger partial charge in [-0.1, -0.05) is 13.8 Å². The summed E-state index contributed by atoms with van der Waals surface area (Å²) in [6.45, 7) is 10.6. The highest BCUT2D eigenvalue weighted by Crippen LogP contribution is 2.52. The van der Waals surface area contributed by atoms with Gasteiger partial charge in [0.15, 0.2) is 0 Å². The lowest BCUT2D eigenvalue weighted by Crippen LogP contribution is -2.39. The van der Waals surface area contributed by atoms with Crippen LogP contribution in [0, 0.1) is 0 Å². The maximum absolute atomic E-state index is 12.8. The Morgan fingerprint density at radius 3 is 1.36 bits per heavy atom. The maximum atomic E-state index is 12.8. The van der Waals surface area contributed by atoms with Crippen LogP contribution in [0.3, 0.4) is 0 Å². The molecule has 3 heterocycles. The van der Waals surface area contributed by atoms with Crippen LogP contribution in [0.2, 0.25) is 0 Å². The third-order valence-corrected chi connectivity index (χ3v) is 10.3. The summed E-state index contributed by atoms with van der Waals surface area (Å²) >= 11 is 0. The molecule has 0 spiro atoms. The summed E-state index contributed by atoms with van der Waals surface area (Å²) in [6, 6.07) is 0. The van der Waals surface area contributed by atoms with E-state index in [2.05, 4.69) is 0 Å². The van der Waals surface area contributed by atoms with Crippen LogP contribution in [0.1, 0.15) is 48.5 Å². The van der Waals surface area contributed by atoms with Crippen molar-refractivity contribution in [3.8, 4) is 0 Å². The Bertz CT molecular complexity index is 963. The first-order chi connectivity index (χ1) is 17.9. The van der Waals surface area contributed by atoms with Crippen molar-refractivity contribution in [1.29, 1.82) is 0 Å². The molecule has 230 valence electrons. The van der Waals surface area contributed by atoms with Crippen molar-refractivity contribution < 1.29 is 69.9 Å².